The minimum Gasteiger partial charge on any atom is -0.456 e. The van der Waals surface area contributed by atoms with Crippen LogP contribution in [0.1, 0.15) is 35.3 Å². The summed E-state index contributed by atoms with van der Waals surface area (Å²) in [6, 6.07) is 6.53. The number of hydrogen-bond acceptors (Lipinski definition) is 2. The molecular weight excluding hydrogens is 291 g/mol. The van der Waals surface area contributed by atoms with Crippen LogP contribution in [0.5, 0.6) is 11.5 Å². The van der Waals surface area contributed by atoms with Crippen molar-refractivity contribution in [1.82, 2.24) is 0 Å². The summed E-state index contributed by atoms with van der Waals surface area (Å²) in [6.45, 7) is 7.04. The van der Waals surface area contributed by atoms with Crippen LogP contribution < -0.4 is 4.74 Å². The number of aliphatic hydroxyl groups excluding tert-OH is 1. The van der Waals surface area contributed by atoms with Crippen LogP contribution in [-0.4, -0.2) is 5.11 Å². The van der Waals surface area contributed by atoms with Gasteiger partial charge in [-0.25, -0.2) is 4.39 Å². The molecule has 0 bridgehead atoms. The Bertz CT molecular complexity index is 658. The highest BCUT2D eigenvalue weighted by atomic mass is 35.5. The van der Waals surface area contributed by atoms with Gasteiger partial charge < -0.3 is 9.84 Å². The molecule has 0 saturated heterocycles. The summed E-state index contributed by atoms with van der Waals surface area (Å²) in [5.74, 6) is 0.771. The Kier molecular flexibility index (Phi) is 4.55. The molecule has 4 heteroatoms. The van der Waals surface area contributed by atoms with Crippen LogP contribution in [-0.2, 0) is 0 Å². The first-order valence-electron chi connectivity index (χ1n) is 6.72. The minimum atomic E-state index is -0.817. The molecule has 2 nitrogen and oxygen atoms in total. The van der Waals surface area contributed by atoms with Crippen molar-refractivity contribution in [2.24, 2.45) is 0 Å². The highest BCUT2D eigenvalue weighted by molar-refractivity contribution is 6.30. The van der Waals surface area contributed by atoms with Gasteiger partial charge in [0.05, 0.1) is 6.10 Å². The summed E-state index contributed by atoms with van der Waals surface area (Å²) in [6.07, 6.45) is -0.817. The number of rotatable bonds is 3. The normalized spacial score (nSPS) is 12.3. The maximum atomic E-state index is 13.7. The lowest BCUT2D eigenvalue weighted by Gasteiger charge is -2.17. The van der Waals surface area contributed by atoms with E-state index in [1.54, 1.807) is 19.9 Å². The lowest BCUT2D eigenvalue weighted by molar-refractivity contribution is 0.195. The molecule has 21 heavy (non-hydrogen) atoms. The average molecular weight is 309 g/mol. The third kappa shape index (κ3) is 3.36. The van der Waals surface area contributed by atoms with Crippen molar-refractivity contribution >= 4 is 11.6 Å². The summed E-state index contributed by atoms with van der Waals surface area (Å²) in [4.78, 5) is 0. The quantitative estimate of drug-likeness (QED) is 0.839. The highest BCUT2D eigenvalue weighted by Gasteiger charge is 2.16. The van der Waals surface area contributed by atoms with Crippen LogP contribution in [0.25, 0.3) is 0 Å². The van der Waals surface area contributed by atoms with Crippen molar-refractivity contribution in [2.45, 2.75) is 33.8 Å². The Morgan fingerprint density at radius 3 is 2.14 bits per heavy atom. The molecule has 2 aromatic rings. The van der Waals surface area contributed by atoms with Crippen LogP contribution in [0, 0.1) is 26.6 Å². The zero-order valence-corrected chi connectivity index (χ0v) is 13.3. The zero-order chi connectivity index (χ0) is 15.7. The monoisotopic (exact) mass is 308 g/mol. The Hall–Kier alpha value is -1.58. The molecule has 1 N–H and O–H groups in total. The van der Waals surface area contributed by atoms with E-state index in [-0.39, 0.29) is 5.82 Å². The van der Waals surface area contributed by atoms with Gasteiger partial charge in [-0.05, 0) is 68.7 Å². The molecule has 2 rings (SSSR count). The zero-order valence-electron chi connectivity index (χ0n) is 12.5. The Labute approximate surface area is 129 Å². The first-order chi connectivity index (χ1) is 9.79. The van der Waals surface area contributed by atoms with Crippen LogP contribution in [0.3, 0.4) is 0 Å². The number of aryl methyl sites for hydroxylation is 3. The summed E-state index contributed by atoms with van der Waals surface area (Å²) in [7, 11) is 0. The SMILES string of the molecule is Cc1cc(Oc2c(C)cc(Cl)cc2C)c(C(C)O)cc1F. The summed E-state index contributed by atoms with van der Waals surface area (Å²) in [5.41, 5.74) is 2.67. The molecule has 0 heterocycles. The van der Waals surface area contributed by atoms with Crippen molar-refractivity contribution in [3.8, 4) is 11.5 Å². The van der Waals surface area contributed by atoms with E-state index in [1.807, 2.05) is 26.0 Å². The van der Waals surface area contributed by atoms with Gasteiger partial charge in [0.25, 0.3) is 0 Å². The smallest absolute Gasteiger partial charge is 0.133 e. The molecule has 1 atom stereocenters. The predicted molar refractivity (Wildman–Crippen MR) is 82.8 cm³/mol. The first-order valence-corrected chi connectivity index (χ1v) is 7.10. The van der Waals surface area contributed by atoms with E-state index in [2.05, 4.69) is 0 Å². The molecule has 0 aliphatic carbocycles. The van der Waals surface area contributed by atoms with E-state index in [0.29, 0.717) is 27.6 Å². The topological polar surface area (TPSA) is 29.5 Å². The van der Waals surface area contributed by atoms with E-state index in [4.69, 9.17) is 16.3 Å². The van der Waals surface area contributed by atoms with Gasteiger partial charge in [-0.3, -0.25) is 0 Å². The van der Waals surface area contributed by atoms with Crippen LogP contribution in [0.15, 0.2) is 24.3 Å². The van der Waals surface area contributed by atoms with Crippen molar-refractivity contribution in [2.75, 3.05) is 0 Å². The second-order valence-corrected chi connectivity index (χ2v) is 5.72. The Balaban J connectivity index is 2.51. The van der Waals surface area contributed by atoms with Gasteiger partial charge in [0.2, 0.25) is 0 Å². The maximum Gasteiger partial charge on any atom is 0.133 e. The van der Waals surface area contributed by atoms with E-state index < -0.39 is 6.10 Å². The summed E-state index contributed by atoms with van der Waals surface area (Å²) < 4.78 is 19.6. The van der Waals surface area contributed by atoms with Crippen LogP contribution in [0.4, 0.5) is 4.39 Å². The van der Waals surface area contributed by atoms with E-state index in [0.717, 1.165) is 11.1 Å². The maximum absolute atomic E-state index is 13.7. The van der Waals surface area contributed by atoms with Crippen molar-refractivity contribution in [3.05, 3.63) is 57.4 Å². The molecule has 2 aromatic carbocycles. The van der Waals surface area contributed by atoms with Crippen LogP contribution >= 0.6 is 11.6 Å². The number of aliphatic hydroxyl groups is 1. The van der Waals surface area contributed by atoms with E-state index in [1.165, 1.54) is 6.07 Å². The fraction of sp³-hybridized carbons (Fsp3) is 0.294. The fourth-order valence-electron chi connectivity index (χ4n) is 2.25. The Morgan fingerprint density at radius 2 is 1.62 bits per heavy atom. The van der Waals surface area contributed by atoms with Crippen LogP contribution in [0.2, 0.25) is 5.02 Å². The first kappa shape index (κ1) is 15.8. The van der Waals surface area contributed by atoms with Gasteiger partial charge in [0.1, 0.15) is 17.3 Å². The van der Waals surface area contributed by atoms with E-state index >= 15 is 0 Å². The summed E-state index contributed by atoms with van der Waals surface area (Å²) >= 11 is 6.01. The Morgan fingerprint density at radius 1 is 1.05 bits per heavy atom. The third-order valence-electron chi connectivity index (χ3n) is 3.38. The molecule has 0 aromatic heterocycles. The average Bonchev–Trinajstić information content (AvgIpc) is 2.37. The van der Waals surface area contributed by atoms with Crippen molar-refractivity contribution in [1.29, 1.82) is 0 Å². The number of halogens is 2. The highest BCUT2D eigenvalue weighted by Crippen LogP contribution is 2.36. The predicted octanol–water partition coefficient (Wildman–Crippen LogP) is 5.25. The van der Waals surface area contributed by atoms with E-state index in [9.17, 15) is 9.50 Å². The number of hydrogen-bond donors (Lipinski definition) is 1. The fourth-order valence-corrected chi connectivity index (χ4v) is 2.58. The van der Waals surface area contributed by atoms with Crippen molar-refractivity contribution < 1.29 is 14.2 Å². The molecule has 0 aliphatic heterocycles. The molecule has 1 unspecified atom stereocenters. The minimum absolute atomic E-state index is 0.359. The largest absolute Gasteiger partial charge is 0.456 e. The number of ether oxygens (including phenoxy) is 1. The molecule has 0 saturated carbocycles. The molecule has 0 amide bonds. The standard InChI is InChI=1S/C17H18ClFO2/c1-9-7-16(14(12(4)20)8-15(9)19)21-17-10(2)5-13(18)6-11(17)3/h5-8,12,20H,1-4H3. The van der Waals surface area contributed by atoms with Gasteiger partial charge >= 0.3 is 0 Å². The van der Waals surface area contributed by atoms with Gasteiger partial charge in [-0.1, -0.05) is 11.6 Å². The van der Waals surface area contributed by atoms with Gasteiger partial charge in [-0.2, -0.15) is 0 Å². The summed E-state index contributed by atoms with van der Waals surface area (Å²) in [5, 5.41) is 10.5. The lowest BCUT2D eigenvalue weighted by Crippen LogP contribution is -2.00. The number of benzene rings is 2. The van der Waals surface area contributed by atoms with Gasteiger partial charge in [0.15, 0.2) is 0 Å². The molecule has 0 spiro atoms. The molecule has 0 aliphatic rings. The van der Waals surface area contributed by atoms with Gasteiger partial charge in [0, 0.05) is 10.6 Å². The molecule has 0 fully saturated rings. The molecular formula is C17H18ClFO2. The second-order valence-electron chi connectivity index (χ2n) is 5.29. The third-order valence-corrected chi connectivity index (χ3v) is 3.60. The van der Waals surface area contributed by atoms with Gasteiger partial charge in [-0.15, -0.1) is 0 Å². The lowest BCUT2D eigenvalue weighted by atomic mass is 10.1. The molecule has 0 radical (unpaired) electrons. The molecule has 112 valence electrons. The van der Waals surface area contributed by atoms with Crippen molar-refractivity contribution in [3.63, 3.8) is 0 Å². The second kappa shape index (κ2) is 6.04.